The Bertz CT molecular complexity index is 1250. The molecule has 1 saturated heterocycles. The Kier molecular flexibility index (Phi) is 4.58. The summed E-state index contributed by atoms with van der Waals surface area (Å²) < 4.78 is 32.9. The first-order chi connectivity index (χ1) is 14.9. The Labute approximate surface area is 181 Å². The average molecular weight is 489 g/mol. The van der Waals surface area contributed by atoms with E-state index in [4.69, 9.17) is 4.52 Å². The van der Waals surface area contributed by atoms with E-state index in [0.717, 1.165) is 33.1 Å². The Balaban J connectivity index is 1.37. The van der Waals surface area contributed by atoms with Crippen molar-refractivity contribution < 1.29 is 22.9 Å². The molecule has 0 saturated carbocycles. The average Bonchev–Trinajstić information content (AvgIpc) is 3.43. The van der Waals surface area contributed by atoms with Crippen LogP contribution < -0.4 is 4.90 Å². The monoisotopic (exact) mass is 488 g/mol. The zero-order chi connectivity index (χ0) is 21.7. The summed E-state index contributed by atoms with van der Waals surface area (Å²) in [6, 6.07) is 7.97. The van der Waals surface area contributed by atoms with Gasteiger partial charge in [0.25, 0.3) is 11.8 Å². The number of benzene rings is 2. The van der Waals surface area contributed by atoms with Gasteiger partial charge in [-0.15, -0.1) is 0 Å². The molecule has 2 atom stereocenters. The van der Waals surface area contributed by atoms with Crippen molar-refractivity contribution in [3.05, 3.63) is 64.5 Å². The lowest BCUT2D eigenvalue weighted by molar-refractivity contribution is -0.123. The van der Waals surface area contributed by atoms with Crippen LogP contribution in [0.25, 0.3) is 11.4 Å². The van der Waals surface area contributed by atoms with Gasteiger partial charge in [-0.3, -0.25) is 14.6 Å². The smallest absolute Gasteiger partial charge is 0.263 e. The second kappa shape index (κ2) is 7.30. The minimum Gasteiger partial charge on any atom is -0.337 e. The molecule has 9 nitrogen and oxygen atoms in total. The van der Waals surface area contributed by atoms with E-state index in [1.807, 2.05) is 24.3 Å². The molecule has 31 heavy (non-hydrogen) atoms. The van der Waals surface area contributed by atoms with Gasteiger partial charge in [-0.2, -0.15) is 10.1 Å². The predicted octanol–water partition coefficient (Wildman–Crippen LogP) is 3.27. The highest BCUT2D eigenvalue weighted by Crippen LogP contribution is 2.33. The van der Waals surface area contributed by atoms with E-state index in [-0.39, 0.29) is 18.1 Å². The van der Waals surface area contributed by atoms with Crippen LogP contribution in [0.3, 0.4) is 0 Å². The van der Waals surface area contributed by atoms with Crippen molar-refractivity contribution >= 4 is 33.4 Å². The van der Waals surface area contributed by atoms with E-state index < -0.39 is 35.5 Å². The molecule has 1 aromatic heterocycles. The molecule has 5 rings (SSSR count). The van der Waals surface area contributed by atoms with Gasteiger partial charge in [0.15, 0.2) is 23.7 Å². The molecule has 0 unspecified atom stereocenters. The molecule has 2 amide bonds. The summed E-state index contributed by atoms with van der Waals surface area (Å²) in [5, 5.41) is 13.0. The number of hydrogen-bond acceptors (Lipinski definition) is 8. The Morgan fingerprint density at radius 2 is 1.90 bits per heavy atom. The normalized spacial score (nSPS) is 20.1. The van der Waals surface area contributed by atoms with E-state index >= 15 is 0 Å². The lowest BCUT2D eigenvalue weighted by atomic mass is 10.1. The number of halogens is 3. The van der Waals surface area contributed by atoms with Crippen LogP contribution in [0.4, 0.5) is 14.5 Å². The first kappa shape index (κ1) is 19.4. The van der Waals surface area contributed by atoms with Crippen molar-refractivity contribution in [2.24, 2.45) is 10.3 Å². The van der Waals surface area contributed by atoms with Gasteiger partial charge in [-0.1, -0.05) is 38.4 Å². The van der Waals surface area contributed by atoms with Gasteiger partial charge in [0.1, 0.15) is 6.54 Å². The molecular formula is C19H11BrF2N6O3. The minimum atomic E-state index is -1.17. The van der Waals surface area contributed by atoms with Crippen LogP contribution in [0.5, 0.6) is 0 Å². The fraction of sp³-hybridized carbons (Fsp3) is 0.158. The standard InChI is InChI=1S/C19H11BrF2N6O3/c20-10-3-1-2-9(6-10)17-23-14(31-25-17)8-27-16-15(24-26-27)18(29)28(19(16)30)11-4-5-12(21)13(22)7-11/h1-7,15-16H,8H2/t15-,16+/m1/s1. The number of nitrogens with zero attached hydrogens (tertiary/aromatic N) is 6. The number of imide groups is 1. The highest BCUT2D eigenvalue weighted by atomic mass is 79.9. The number of aromatic nitrogens is 2. The third kappa shape index (κ3) is 3.28. The van der Waals surface area contributed by atoms with Crippen molar-refractivity contribution in [2.75, 3.05) is 4.90 Å². The van der Waals surface area contributed by atoms with Gasteiger partial charge in [-0.05, 0) is 24.3 Å². The fourth-order valence-corrected chi connectivity index (χ4v) is 3.83. The first-order valence-electron chi connectivity index (χ1n) is 9.01. The number of carbonyl (C=O) groups is 2. The molecule has 2 aliphatic rings. The highest BCUT2D eigenvalue weighted by molar-refractivity contribution is 9.10. The van der Waals surface area contributed by atoms with E-state index in [0.29, 0.717) is 5.82 Å². The summed E-state index contributed by atoms with van der Waals surface area (Å²) in [6.07, 6.45) is 0. The van der Waals surface area contributed by atoms with Gasteiger partial charge >= 0.3 is 0 Å². The van der Waals surface area contributed by atoms with Gasteiger partial charge in [-0.25, -0.2) is 13.7 Å². The largest absolute Gasteiger partial charge is 0.337 e. The summed E-state index contributed by atoms with van der Waals surface area (Å²) in [7, 11) is 0. The zero-order valence-electron chi connectivity index (χ0n) is 15.4. The Morgan fingerprint density at radius 1 is 1.06 bits per heavy atom. The van der Waals surface area contributed by atoms with Gasteiger partial charge in [0.2, 0.25) is 11.7 Å². The molecule has 0 radical (unpaired) electrons. The summed E-state index contributed by atoms with van der Waals surface area (Å²) >= 11 is 3.37. The van der Waals surface area contributed by atoms with E-state index in [2.05, 4.69) is 36.4 Å². The van der Waals surface area contributed by atoms with Crippen LogP contribution in [0.1, 0.15) is 5.89 Å². The van der Waals surface area contributed by atoms with Crippen LogP contribution in [-0.2, 0) is 16.1 Å². The third-order valence-electron chi connectivity index (χ3n) is 4.87. The molecule has 0 spiro atoms. The maximum atomic E-state index is 13.6. The quantitative estimate of drug-likeness (QED) is 0.522. The maximum Gasteiger partial charge on any atom is 0.263 e. The summed E-state index contributed by atoms with van der Waals surface area (Å²) in [5.41, 5.74) is 0.648. The van der Waals surface area contributed by atoms with E-state index in [1.165, 1.54) is 5.01 Å². The van der Waals surface area contributed by atoms with Gasteiger partial charge in [0, 0.05) is 16.1 Å². The van der Waals surface area contributed by atoms with E-state index in [1.54, 1.807) is 0 Å². The molecule has 156 valence electrons. The molecule has 3 heterocycles. The van der Waals surface area contributed by atoms with Crippen LogP contribution in [0.15, 0.2) is 61.8 Å². The third-order valence-corrected chi connectivity index (χ3v) is 5.36. The molecule has 1 fully saturated rings. The molecule has 3 aromatic rings. The second-order valence-corrected chi connectivity index (χ2v) is 7.74. The fourth-order valence-electron chi connectivity index (χ4n) is 3.43. The number of anilines is 1. The van der Waals surface area contributed by atoms with E-state index in [9.17, 15) is 18.4 Å². The number of amides is 2. The van der Waals surface area contributed by atoms with Crippen molar-refractivity contribution in [3.63, 3.8) is 0 Å². The number of carbonyl (C=O) groups excluding carboxylic acids is 2. The Hall–Kier alpha value is -3.54. The summed E-state index contributed by atoms with van der Waals surface area (Å²) in [4.78, 5) is 30.7. The zero-order valence-corrected chi connectivity index (χ0v) is 17.0. The van der Waals surface area contributed by atoms with Crippen molar-refractivity contribution in [3.8, 4) is 11.4 Å². The van der Waals surface area contributed by atoms with Gasteiger partial charge in [0.05, 0.1) is 5.69 Å². The van der Waals surface area contributed by atoms with Crippen LogP contribution in [0, 0.1) is 11.6 Å². The van der Waals surface area contributed by atoms with Crippen molar-refractivity contribution in [1.82, 2.24) is 15.1 Å². The predicted molar refractivity (Wildman–Crippen MR) is 104 cm³/mol. The van der Waals surface area contributed by atoms with Crippen LogP contribution in [0.2, 0.25) is 0 Å². The van der Waals surface area contributed by atoms with Crippen molar-refractivity contribution in [1.29, 1.82) is 0 Å². The topological polar surface area (TPSA) is 104 Å². The second-order valence-electron chi connectivity index (χ2n) is 6.82. The number of hydrogen-bond donors (Lipinski definition) is 0. The SMILES string of the molecule is O=C1[C@@H]2[C@@H](N=NN2Cc2nc(-c3cccc(Br)c3)no2)C(=O)N1c1ccc(F)c(F)c1. The minimum absolute atomic E-state index is 0.0592. The van der Waals surface area contributed by atoms with Gasteiger partial charge < -0.3 is 4.52 Å². The molecule has 2 aromatic carbocycles. The molecule has 0 N–H and O–H groups in total. The van der Waals surface area contributed by atoms with Crippen LogP contribution >= 0.6 is 15.9 Å². The summed E-state index contributed by atoms with van der Waals surface area (Å²) in [5.74, 6) is -3.06. The van der Waals surface area contributed by atoms with Crippen LogP contribution in [-0.4, -0.2) is 39.0 Å². The number of fused-ring (bicyclic) bond motifs is 1. The number of rotatable bonds is 4. The first-order valence-corrected chi connectivity index (χ1v) is 9.80. The molecular weight excluding hydrogens is 478 g/mol. The summed E-state index contributed by atoms with van der Waals surface area (Å²) in [6.45, 7) is -0.0592. The molecule has 12 heteroatoms. The lowest BCUT2D eigenvalue weighted by Gasteiger charge is -2.19. The Morgan fingerprint density at radius 3 is 2.68 bits per heavy atom. The maximum absolute atomic E-state index is 13.6. The molecule has 0 aliphatic carbocycles. The highest BCUT2D eigenvalue weighted by Gasteiger charge is 2.55. The van der Waals surface area contributed by atoms with Crippen molar-refractivity contribution in [2.45, 2.75) is 18.6 Å². The lowest BCUT2D eigenvalue weighted by Crippen LogP contribution is -2.39. The molecule has 2 aliphatic heterocycles. The molecule has 0 bridgehead atoms.